The maximum Gasteiger partial charge on any atom is 0.226 e. The molecule has 23 heavy (non-hydrogen) atoms. The normalized spacial score (nSPS) is 16.7. The van der Waals surface area contributed by atoms with E-state index >= 15 is 0 Å². The molecule has 3 aromatic rings. The number of hydrogen-bond acceptors (Lipinski definition) is 2. The predicted molar refractivity (Wildman–Crippen MR) is 90.1 cm³/mol. The first kappa shape index (κ1) is 14.0. The van der Waals surface area contributed by atoms with Crippen LogP contribution in [-0.4, -0.2) is 15.7 Å². The van der Waals surface area contributed by atoms with Gasteiger partial charge in [-0.15, -0.1) is 0 Å². The van der Waals surface area contributed by atoms with Crippen LogP contribution in [0, 0.1) is 0 Å². The molecule has 0 saturated heterocycles. The van der Waals surface area contributed by atoms with Gasteiger partial charge in [0.15, 0.2) is 0 Å². The zero-order valence-corrected chi connectivity index (χ0v) is 13.0. The number of carbonyl (C=O) groups excluding carboxylic acids is 1. The van der Waals surface area contributed by atoms with Crippen molar-refractivity contribution in [1.82, 2.24) is 9.78 Å². The molecule has 1 N–H and O–H groups in total. The predicted octanol–water partition coefficient (Wildman–Crippen LogP) is 4.00. The summed E-state index contributed by atoms with van der Waals surface area (Å²) in [7, 11) is 0. The number of para-hydroxylation sites is 1. The van der Waals surface area contributed by atoms with E-state index in [2.05, 4.69) is 10.4 Å². The summed E-state index contributed by atoms with van der Waals surface area (Å²) in [5.41, 5.74) is 3.01. The number of amides is 1. The Bertz CT molecular complexity index is 856. The lowest BCUT2D eigenvalue weighted by atomic mass is 9.87. The Morgan fingerprint density at radius 3 is 2.57 bits per heavy atom. The number of aromatic nitrogens is 2. The Kier molecular flexibility index (Phi) is 3.39. The molecule has 0 spiro atoms. The monoisotopic (exact) mass is 323 g/mol. The van der Waals surface area contributed by atoms with Crippen LogP contribution in [-0.2, 0) is 4.79 Å². The van der Waals surface area contributed by atoms with Crippen LogP contribution in [0.25, 0.3) is 5.69 Å². The number of rotatable bonds is 2. The molecule has 0 saturated carbocycles. The van der Waals surface area contributed by atoms with E-state index in [-0.39, 0.29) is 11.8 Å². The second kappa shape index (κ2) is 5.56. The number of anilines is 1. The first-order valence-corrected chi connectivity index (χ1v) is 7.79. The highest BCUT2D eigenvalue weighted by Gasteiger charge is 2.30. The van der Waals surface area contributed by atoms with Crippen molar-refractivity contribution in [2.24, 2.45) is 0 Å². The number of nitrogens with zero attached hydrogens (tertiary/aromatic N) is 2. The van der Waals surface area contributed by atoms with Crippen molar-refractivity contribution in [2.45, 2.75) is 12.3 Å². The molecule has 4 rings (SSSR count). The van der Waals surface area contributed by atoms with Crippen molar-refractivity contribution < 1.29 is 4.79 Å². The fraction of sp³-hybridized carbons (Fsp3) is 0.111. The fourth-order valence-corrected chi connectivity index (χ4v) is 3.10. The summed E-state index contributed by atoms with van der Waals surface area (Å²) in [4.78, 5) is 12.2. The number of hydrogen-bond donors (Lipinski definition) is 1. The van der Waals surface area contributed by atoms with Crippen LogP contribution in [0.2, 0.25) is 5.02 Å². The van der Waals surface area contributed by atoms with Crippen LogP contribution in [0.3, 0.4) is 0 Å². The smallest absolute Gasteiger partial charge is 0.226 e. The Labute approximate surface area is 138 Å². The number of halogens is 1. The van der Waals surface area contributed by atoms with E-state index in [0.717, 1.165) is 22.6 Å². The Morgan fingerprint density at radius 1 is 1.09 bits per heavy atom. The number of carbonyl (C=O) groups is 1. The molecule has 1 aliphatic rings. The van der Waals surface area contributed by atoms with E-state index in [1.165, 1.54) is 0 Å². The number of benzene rings is 2. The van der Waals surface area contributed by atoms with Crippen LogP contribution < -0.4 is 5.32 Å². The molecule has 5 heteroatoms. The Hall–Kier alpha value is -2.59. The summed E-state index contributed by atoms with van der Waals surface area (Å²) in [5.74, 6) is 0.732. The molecular weight excluding hydrogens is 310 g/mol. The second-order valence-corrected chi connectivity index (χ2v) is 5.99. The van der Waals surface area contributed by atoms with Crippen molar-refractivity contribution in [3.63, 3.8) is 0 Å². The topological polar surface area (TPSA) is 46.9 Å². The van der Waals surface area contributed by atoms with Gasteiger partial charge in [-0.1, -0.05) is 41.9 Å². The van der Waals surface area contributed by atoms with E-state index in [1.54, 1.807) is 4.68 Å². The highest BCUT2D eigenvalue weighted by molar-refractivity contribution is 6.30. The number of nitrogens with one attached hydrogen (secondary N) is 1. The van der Waals surface area contributed by atoms with Crippen LogP contribution in [0.15, 0.2) is 60.8 Å². The first-order chi connectivity index (χ1) is 11.2. The third-order valence-corrected chi connectivity index (χ3v) is 4.35. The third-order valence-electron chi connectivity index (χ3n) is 4.09. The van der Waals surface area contributed by atoms with Crippen molar-refractivity contribution in [3.05, 3.63) is 76.9 Å². The molecular formula is C18H14ClN3O. The lowest BCUT2D eigenvalue weighted by molar-refractivity contribution is -0.116. The molecule has 2 heterocycles. The van der Waals surface area contributed by atoms with Gasteiger partial charge in [0.1, 0.15) is 5.82 Å². The molecule has 114 valence electrons. The van der Waals surface area contributed by atoms with Crippen LogP contribution in [0.5, 0.6) is 0 Å². The quantitative estimate of drug-likeness (QED) is 0.775. The van der Waals surface area contributed by atoms with Crippen LogP contribution in [0.4, 0.5) is 5.82 Å². The molecule has 4 nitrogen and oxygen atoms in total. The standard InChI is InChI=1S/C18H14ClN3O/c19-13-8-6-12(7-9-13)15-10-17(23)21-18-16(15)11-20-22(18)14-4-2-1-3-5-14/h1-9,11,15H,10H2,(H,21,23)/t15-/m0/s1. The first-order valence-electron chi connectivity index (χ1n) is 7.41. The molecule has 1 amide bonds. The van der Waals surface area contributed by atoms with Gasteiger partial charge in [0, 0.05) is 22.9 Å². The van der Waals surface area contributed by atoms with E-state index in [1.807, 2.05) is 60.8 Å². The minimum atomic E-state index is -0.00604. The van der Waals surface area contributed by atoms with Gasteiger partial charge in [0.25, 0.3) is 0 Å². The largest absolute Gasteiger partial charge is 0.310 e. The van der Waals surface area contributed by atoms with Gasteiger partial charge in [-0.25, -0.2) is 4.68 Å². The summed E-state index contributed by atoms with van der Waals surface area (Å²) in [6.45, 7) is 0. The number of fused-ring (bicyclic) bond motifs is 1. The van der Waals surface area contributed by atoms with E-state index in [0.29, 0.717) is 11.4 Å². The van der Waals surface area contributed by atoms with E-state index < -0.39 is 0 Å². The lowest BCUT2D eigenvalue weighted by Crippen LogP contribution is -2.24. The average molecular weight is 324 g/mol. The Balaban J connectivity index is 1.81. The summed E-state index contributed by atoms with van der Waals surface area (Å²) >= 11 is 5.97. The molecule has 0 unspecified atom stereocenters. The fourth-order valence-electron chi connectivity index (χ4n) is 2.98. The van der Waals surface area contributed by atoms with Gasteiger partial charge >= 0.3 is 0 Å². The Morgan fingerprint density at radius 2 is 1.83 bits per heavy atom. The molecule has 1 atom stereocenters. The van der Waals surface area contributed by atoms with Gasteiger partial charge in [0.05, 0.1) is 11.9 Å². The molecule has 1 aliphatic heterocycles. The molecule has 0 radical (unpaired) electrons. The SMILES string of the molecule is O=C1C[C@@H](c2ccc(Cl)cc2)c2cnn(-c3ccccc3)c2N1. The zero-order valence-electron chi connectivity index (χ0n) is 12.2. The highest BCUT2D eigenvalue weighted by atomic mass is 35.5. The zero-order chi connectivity index (χ0) is 15.8. The maximum absolute atomic E-state index is 12.2. The third kappa shape index (κ3) is 2.51. The average Bonchev–Trinajstić information content (AvgIpc) is 2.99. The van der Waals surface area contributed by atoms with Crippen molar-refractivity contribution >= 4 is 23.3 Å². The second-order valence-electron chi connectivity index (χ2n) is 5.55. The molecule has 2 aromatic carbocycles. The van der Waals surface area contributed by atoms with Gasteiger partial charge in [0.2, 0.25) is 5.91 Å². The summed E-state index contributed by atoms with van der Waals surface area (Å²) in [6, 6.07) is 17.4. The van der Waals surface area contributed by atoms with Crippen molar-refractivity contribution in [3.8, 4) is 5.69 Å². The maximum atomic E-state index is 12.2. The minimum Gasteiger partial charge on any atom is -0.310 e. The van der Waals surface area contributed by atoms with Gasteiger partial charge in [-0.3, -0.25) is 4.79 Å². The molecule has 1 aromatic heterocycles. The van der Waals surface area contributed by atoms with E-state index in [4.69, 9.17) is 11.6 Å². The van der Waals surface area contributed by atoms with E-state index in [9.17, 15) is 4.79 Å². The summed E-state index contributed by atoms with van der Waals surface area (Å²) in [5, 5.41) is 8.11. The van der Waals surface area contributed by atoms with Gasteiger partial charge < -0.3 is 5.32 Å². The molecule has 0 aliphatic carbocycles. The van der Waals surface area contributed by atoms with Gasteiger partial charge in [-0.05, 0) is 29.8 Å². The summed E-state index contributed by atoms with van der Waals surface area (Å²) in [6.07, 6.45) is 2.25. The minimum absolute atomic E-state index is 0.00451. The molecule has 0 bridgehead atoms. The molecule has 0 fully saturated rings. The van der Waals surface area contributed by atoms with Crippen LogP contribution in [0.1, 0.15) is 23.5 Å². The lowest BCUT2D eigenvalue weighted by Gasteiger charge is -2.23. The van der Waals surface area contributed by atoms with Crippen LogP contribution >= 0.6 is 11.6 Å². The van der Waals surface area contributed by atoms with Crippen molar-refractivity contribution in [2.75, 3.05) is 5.32 Å². The highest BCUT2D eigenvalue weighted by Crippen LogP contribution is 2.38. The van der Waals surface area contributed by atoms with Gasteiger partial charge in [-0.2, -0.15) is 5.10 Å². The summed E-state index contributed by atoms with van der Waals surface area (Å²) < 4.78 is 1.77. The van der Waals surface area contributed by atoms with Crippen molar-refractivity contribution in [1.29, 1.82) is 0 Å².